The van der Waals surface area contributed by atoms with E-state index in [-0.39, 0.29) is 23.8 Å². The highest BCUT2D eigenvalue weighted by molar-refractivity contribution is 5.96. The molecule has 1 aliphatic rings. The number of hydrogen-bond acceptors (Lipinski definition) is 6. The number of carbonyl (C=O) groups excluding carboxylic acids is 2. The Morgan fingerprint density at radius 2 is 1.91 bits per heavy atom. The molecule has 2 aromatic rings. The zero-order chi connectivity index (χ0) is 23.3. The number of benzene rings is 1. The first kappa shape index (κ1) is 23.0. The molecule has 2 heterocycles. The second kappa shape index (κ2) is 9.62. The summed E-state index contributed by atoms with van der Waals surface area (Å²) in [5, 5.41) is 16.0. The number of anilines is 1. The van der Waals surface area contributed by atoms with Crippen LogP contribution in [0.4, 0.5) is 24.7 Å². The first-order valence-electron chi connectivity index (χ1n) is 9.73. The van der Waals surface area contributed by atoms with E-state index in [1.807, 2.05) is 4.90 Å². The van der Waals surface area contributed by atoms with Crippen LogP contribution in [-0.2, 0) is 11.0 Å². The lowest BCUT2D eigenvalue weighted by molar-refractivity contribution is -0.384. The molecular weight excluding hydrogens is 431 g/mol. The fourth-order valence-electron chi connectivity index (χ4n) is 3.30. The highest BCUT2D eigenvalue weighted by Crippen LogP contribution is 2.29. The van der Waals surface area contributed by atoms with Crippen molar-refractivity contribution in [2.75, 3.05) is 24.5 Å². The number of halogens is 3. The second-order valence-corrected chi connectivity index (χ2v) is 7.22. The molecule has 2 amide bonds. The molecule has 1 fully saturated rings. The average Bonchev–Trinajstić information content (AvgIpc) is 2.77. The summed E-state index contributed by atoms with van der Waals surface area (Å²) in [4.78, 5) is 40.1. The van der Waals surface area contributed by atoms with Crippen LogP contribution in [-0.4, -0.2) is 47.4 Å². The maximum absolute atomic E-state index is 12.6. The summed E-state index contributed by atoms with van der Waals surface area (Å²) < 4.78 is 37.9. The fraction of sp³-hybridized carbons (Fsp3) is 0.350. The molecule has 1 aromatic heterocycles. The minimum absolute atomic E-state index is 0.0735. The van der Waals surface area contributed by atoms with Gasteiger partial charge in [0.25, 0.3) is 11.6 Å². The quantitative estimate of drug-likeness (QED) is 0.515. The standard InChI is InChI=1S/C20H20F3N5O4/c21-20(22,23)14-4-5-17(24-11-14)27-8-6-15(7-9-27)26-18(29)12-25-19(30)13-2-1-3-16(10-13)28(31)32/h1-5,10-11,15H,6-9,12H2,(H,25,30)(H,26,29). The van der Waals surface area contributed by atoms with E-state index in [1.54, 1.807) is 0 Å². The second-order valence-electron chi connectivity index (χ2n) is 7.22. The molecule has 9 nitrogen and oxygen atoms in total. The first-order valence-corrected chi connectivity index (χ1v) is 9.73. The molecule has 12 heteroatoms. The van der Waals surface area contributed by atoms with Crippen molar-refractivity contribution in [2.24, 2.45) is 0 Å². The molecule has 32 heavy (non-hydrogen) atoms. The van der Waals surface area contributed by atoms with E-state index >= 15 is 0 Å². The Balaban J connectivity index is 1.44. The number of piperidine rings is 1. The minimum atomic E-state index is -4.44. The Morgan fingerprint density at radius 3 is 2.50 bits per heavy atom. The van der Waals surface area contributed by atoms with Gasteiger partial charge >= 0.3 is 6.18 Å². The Kier molecular flexibility index (Phi) is 6.91. The summed E-state index contributed by atoms with van der Waals surface area (Å²) in [6, 6.07) is 7.33. The number of nitro groups is 1. The van der Waals surface area contributed by atoms with Crippen molar-refractivity contribution in [3.8, 4) is 0 Å². The van der Waals surface area contributed by atoms with Gasteiger partial charge in [0.05, 0.1) is 17.0 Å². The number of rotatable bonds is 6. The molecule has 1 aromatic carbocycles. The Bertz CT molecular complexity index is 989. The fourth-order valence-corrected chi connectivity index (χ4v) is 3.30. The number of nitro benzene ring substituents is 1. The van der Waals surface area contributed by atoms with Gasteiger partial charge in [-0.25, -0.2) is 4.98 Å². The third kappa shape index (κ3) is 5.93. The first-order chi connectivity index (χ1) is 15.1. The highest BCUT2D eigenvalue weighted by atomic mass is 19.4. The summed E-state index contributed by atoms with van der Waals surface area (Å²) >= 11 is 0. The van der Waals surface area contributed by atoms with Crippen molar-refractivity contribution in [2.45, 2.75) is 25.1 Å². The van der Waals surface area contributed by atoms with E-state index < -0.39 is 28.5 Å². The Hall–Kier alpha value is -3.70. The van der Waals surface area contributed by atoms with Crippen molar-refractivity contribution >= 4 is 23.3 Å². The smallest absolute Gasteiger partial charge is 0.356 e. The number of alkyl halides is 3. The van der Waals surface area contributed by atoms with Crippen molar-refractivity contribution in [3.63, 3.8) is 0 Å². The molecule has 0 spiro atoms. The van der Waals surface area contributed by atoms with E-state index in [2.05, 4.69) is 15.6 Å². The molecule has 2 N–H and O–H groups in total. The van der Waals surface area contributed by atoms with Crippen molar-refractivity contribution in [1.29, 1.82) is 0 Å². The van der Waals surface area contributed by atoms with Gasteiger partial charge in [0.1, 0.15) is 5.82 Å². The number of pyridine rings is 1. The predicted octanol–water partition coefficient (Wildman–Crippen LogP) is 2.52. The average molecular weight is 451 g/mol. The zero-order valence-corrected chi connectivity index (χ0v) is 16.8. The van der Waals surface area contributed by atoms with E-state index in [0.29, 0.717) is 31.7 Å². The van der Waals surface area contributed by atoms with Crippen LogP contribution < -0.4 is 15.5 Å². The van der Waals surface area contributed by atoms with Crippen LogP contribution in [0, 0.1) is 10.1 Å². The summed E-state index contributed by atoms with van der Waals surface area (Å²) in [5.74, 6) is -0.575. The molecule has 1 aliphatic heterocycles. The number of aromatic nitrogens is 1. The van der Waals surface area contributed by atoms with Gasteiger partial charge in [-0.15, -0.1) is 0 Å². The van der Waals surface area contributed by atoms with Crippen LogP contribution in [0.25, 0.3) is 0 Å². The molecule has 3 rings (SSSR count). The molecule has 0 radical (unpaired) electrons. The molecular formula is C20H20F3N5O4. The maximum atomic E-state index is 12.6. The van der Waals surface area contributed by atoms with Gasteiger partial charge in [0.15, 0.2) is 0 Å². The van der Waals surface area contributed by atoms with Gasteiger partial charge in [-0.05, 0) is 31.0 Å². The molecule has 0 unspecified atom stereocenters. The topological polar surface area (TPSA) is 117 Å². The highest BCUT2D eigenvalue weighted by Gasteiger charge is 2.31. The molecule has 0 aliphatic carbocycles. The number of nitrogens with one attached hydrogen (secondary N) is 2. The van der Waals surface area contributed by atoms with Crippen LogP contribution in [0.5, 0.6) is 0 Å². The van der Waals surface area contributed by atoms with Gasteiger partial charge in [0, 0.05) is 43.0 Å². The molecule has 0 atom stereocenters. The third-order valence-electron chi connectivity index (χ3n) is 4.99. The maximum Gasteiger partial charge on any atom is 0.417 e. The zero-order valence-electron chi connectivity index (χ0n) is 16.8. The molecule has 170 valence electrons. The predicted molar refractivity (Wildman–Crippen MR) is 108 cm³/mol. The largest absolute Gasteiger partial charge is 0.417 e. The Morgan fingerprint density at radius 1 is 1.19 bits per heavy atom. The normalized spacial score (nSPS) is 14.7. The van der Waals surface area contributed by atoms with Crippen LogP contribution in [0.3, 0.4) is 0 Å². The van der Waals surface area contributed by atoms with Crippen molar-refractivity contribution < 1.29 is 27.7 Å². The van der Waals surface area contributed by atoms with Gasteiger partial charge < -0.3 is 15.5 Å². The lowest BCUT2D eigenvalue weighted by Gasteiger charge is -2.33. The van der Waals surface area contributed by atoms with Crippen LogP contribution >= 0.6 is 0 Å². The van der Waals surface area contributed by atoms with E-state index in [1.165, 1.54) is 24.3 Å². The van der Waals surface area contributed by atoms with Crippen LogP contribution in [0.2, 0.25) is 0 Å². The molecule has 0 saturated carbocycles. The summed E-state index contributed by atoms with van der Waals surface area (Å²) in [6.45, 7) is 0.717. The molecule has 0 bridgehead atoms. The van der Waals surface area contributed by atoms with Gasteiger partial charge in [0.2, 0.25) is 5.91 Å². The monoisotopic (exact) mass is 451 g/mol. The van der Waals surface area contributed by atoms with Crippen LogP contribution in [0.15, 0.2) is 42.6 Å². The van der Waals surface area contributed by atoms with Gasteiger partial charge in [-0.1, -0.05) is 6.07 Å². The van der Waals surface area contributed by atoms with E-state index in [0.717, 1.165) is 18.3 Å². The Labute approximate surface area is 180 Å². The summed E-state index contributed by atoms with van der Waals surface area (Å²) in [6.07, 6.45) is -2.51. The van der Waals surface area contributed by atoms with Gasteiger partial charge in [-0.2, -0.15) is 13.2 Å². The summed E-state index contributed by atoms with van der Waals surface area (Å²) in [7, 11) is 0. The minimum Gasteiger partial charge on any atom is -0.356 e. The van der Waals surface area contributed by atoms with Gasteiger partial charge in [-0.3, -0.25) is 19.7 Å². The lowest BCUT2D eigenvalue weighted by atomic mass is 10.0. The lowest BCUT2D eigenvalue weighted by Crippen LogP contribution is -2.47. The third-order valence-corrected chi connectivity index (χ3v) is 4.99. The summed E-state index contributed by atoms with van der Waals surface area (Å²) in [5.41, 5.74) is -0.962. The SMILES string of the molecule is O=C(CNC(=O)c1cccc([N+](=O)[O-])c1)NC1CCN(c2ccc(C(F)(F)F)cn2)CC1. The number of carbonyl (C=O) groups is 2. The number of non-ortho nitro benzene ring substituents is 1. The van der Waals surface area contributed by atoms with Crippen molar-refractivity contribution in [3.05, 3.63) is 63.8 Å². The van der Waals surface area contributed by atoms with Crippen LogP contribution in [0.1, 0.15) is 28.8 Å². The van der Waals surface area contributed by atoms with E-state index in [4.69, 9.17) is 0 Å². The molecule has 1 saturated heterocycles. The number of nitrogens with zero attached hydrogens (tertiary/aromatic N) is 3. The van der Waals surface area contributed by atoms with Crippen molar-refractivity contribution in [1.82, 2.24) is 15.6 Å². The number of hydrogen-bond donors (Lipinski definition) is 2. The number of amides is 2. The van der Waals surface area contributed by atoms with E-state index in [9.17, 15) is 32.9 Å².